The van der Waals surface area contributed by atoms with Crippen molar-refractivity contribution in [3.8, 4) is 0 Å². The van der Waals surface area contributed by atoms with Gasteiger partial charge in [-0.05, 0) is 62.4 Å². The smallest absolute Gasteiger partial charge is 0.317 e. The fourth-order valence-corrected chi connectivity index (χ4v) is 5.38. The van der Waals surface area contributed by atoms with E-state index in [2.05, 4.69) is 22.6 Å². The van der Waals surface area contributed by atoms with E-state index in [0.29, 0.717) is 24.4 Å². The second-order valence-electron chi connectivity index (χ2n) is 8.65. The van der Waals surface area contributed by atoms with Crippen LogP contribution < -0.4 is 5.32 Å². The van der Waals surface area contributed by atoms with Gasteiger partial charge in [-0.1, -0.05) is 18.2 Å². The Balaban J connectivity index is 1.61. The molecule has 0 unspecified atom stereocenters. The molecular formula is C22H30N4O4S. The van der Waals surface area contributed by atoms with Gasteiger partial charge in [-0.15, -0.1) is 0 Å². The molecule has 0 bridgehead atoms. The van der Waals surface area contributed by atoms with Gasteiger partial charge in [0.25, 0.3) is 0 Å². The highest BCUT2D eigenvalue weighted by atomic mass is 32.2. The largest absolute Gasteiger partial charge is 0.480 e. The molecule has 0 spiro atoms. The number of hydrogen-bond donors (Lipinski definition) is 2. The van der Waals surface area contributed by atoms with Crippen LogP contribution in [0.25, 0.3) is 17.0 Å². The lowest BCUT2D eigenvalue weighted by Crippen LogP contribution is -2.38. The van der Waals surface area contributed by atoms with Crippen molar-refractivity contribution in [1.29, 1.82) is 0 Å². The third kappa shape index (κ3) is 5.16. The fraction of sp³-hybridized carbons (Fsp3) is 0.545. The van der Waals surface area contributed by atoms with E-state index < -0.39 is 15.8 Å². The molecule has 31 heavy (non-hydrogen) atoms. The molecule has 2 N–H and O–H groups in total. The quantitative estimate of drug-likeness (QED) is 0.701. The van der Waals surface area contributed by atoms with Crippen LogP contribution in [0.1, 0.15) is 37.3 Å². The first-order valence-electron chi connectivity index (χ1n) is 10.9. The number of carboxylic acids is 1. The van der Waals surface area contributed by atoms with Crippen molar-refractivity contribution >= 4 is 32.8 Å². The van der Waals surface area contributed by atoms with Crippen LogP contribution in [-0.2, 0) is 14.6 Å². The Morgan fingerprint density at radius 3 is 2.58 bits per heavy atom. The van der Waals surface area contributed by atoms with Crippen molar-refractivity contribution in [3.63, 3.8) is 0 Å². The summed E-state index contributed by atoms with van der Waals surface area (Å²) in [5.41, 5.74) is 1.79. The van der Waals surface area contributed by atoms with Gasteiger partial charge in [-0.3, -0.25) is 14.4 Å². The van der Waals surface area contributed by atoms with E-state index in [9.17, 15) is 13.2 Å². The van der Waals surface area contributed by atoms with Crippen molar-refractivity contribution in [2.45, 2.75) is 36.8 Å². The van der Waals surface area contributed by atoms with Crippen LogP contribution in [0.5, 0.6) is 0 Å². The Bertz CT molecular complexity index is 1080. The summed E-state index contributed by atoms with van der Waals surface area (Å²) < 4.78 is 26.8. The minimum Gasteiger partial charge on any atom is -0.480 e. The summed E-state index contributed by atoms with van der Waals surface area (Å²) in [4.78, 5) is 12.9. The number of likely N-dealkylation sites (tertiary alicyclic amines) is 1. The van der Waals surface area contributed by atoms with Crippen LogP contribution in [0.4, 0.5) is 0 Å². The van der Waals surface area contributed by atoms with E-state index in [1.807, 2.05) is 27.8 Å². The minimum absolute atomic E-state index is 0.0356. The number of allylic oxidation sites excluding steroid dienone is 1. The number of nitrogens with zero attached hydrogens (tertiary/aromatic N) is 3. The maximum Gasteiger partial charge on any atom is 0.317 e. The SMILES string of the molecule is CS(=O)(=O)c1nn(C2CCN(CC(=O)O)CC2)c2ccc(/C=C\C3CCNCC3)cc12. The first-order valence-corrected chi connectivity index (χ1v) is 12.8. The molecule has 1 aromatic heterocycles. The number of aliphatic carboxylic acids is 1. The molecule has 168 valence electrons. The highest BCUT2D eigenvalue weighted by molar-refractivity contribution is 7.90. The summed E-state index contributed by atoms with van der Waals surface area (Å²) in [6, 6.07) is 5.96. The van der Waals surface area contributed by atoms with Gasteiger partial charge in [0.05, 0.1) is 18.1 Å². The zero-order valence-corrected chi connectivity index (χ0v) is 18.6. The van der Waals surface area contributed by atoms with E-state index in [1.54, 1.807) is 0 Å². The lowest BCUT2D eigenvalue weighted by Gasteiger charge is -2.31. The summed E-state index contributed by atoms with van der Waals surface area (Å²) in [7, 11) is -3.48. The number of aromatic nitrogens is 2. The minimum atomic E-state index is -3.48. The number of benzene rings is 1. The molecule has 1 aromatic carbocycles. The number of hydrogen-bond acceptors (Lipinski definition) is 6. The molecule has 2 aliphatic rings. The standard InChI is InChI=1S/C22H30N4O4S/c1-31(29,30)22-19-14-17(3-2-16-6-10-23-11-7-16)4-5-20(19)26(24-22)18-8-12-25(13-9-18)15-21(27)28/h2-5,14,16,18,23H,6-13,15H2,1H3,(H,27,28)/b3-2-. The molecule has 2 saturated heterocycles. The first kappa shape index (κ1) is 22.0. The van der Waals surface area contributed by atoms with Crippen molar-refractivity contribution in [2.24, 2.45) is 5.92 Å². The molecule has 3 heterocycles. The van der Waals surface area contributed by atoms with Crippen LogP contribution in [0.15, 0.2) is 29.3 Å². The molecule has 2 aromatic rings. The van der Waals surface area contributed by atoms with Crippen LogP contribution in [0.2, 0.25) is 0 Å². The number of carbonyl (C=O) groups is 1. The van der Waals surface area contributed by atoms with Gasteiger partial charge in [0.15, 0.2) is 14.9 Å². The molecule has 0 aliphatic carbocycles. The van der Waals surface area contributed by atoms with Crippen LogP contribution in [0.3, 0.4) is 0 Å². The molecule has 0 atom stereocenters. The predicted molar refractivity (Wildman–Crippen MR) is 120 cm³/mol. The zero-order chi connectivity index (χ0) is 22.0. The summed E-state index contributed by atoms with van der Waals surface area (Å²) in [5, 5.41) is 17.7. The monoisotopic (exact) mass is 446 g/mol. The number of carboxylic acid groups (broad SMARTS) is 1. The van der Waals surface area contributed by atoms with Gasteiger partial charge in [-0.2, -0.15) is 5.10 Å². The summed E-state index contributed by atoms with van der Waals surface area (Å²) in [5.74, 6) is -0.280. The van der Waals surface area contributed by atoms with Crippen LogP contribution >= 0.6 is 0 Å². The maximum atomic E-state index is 12.5. The third-order valence-electron chi connectivity index (χ3n) is 6.25. The normalized spacial score (nSPS) is 20.0. The van der Waals surface area contributed by atoms with Gasteiger partial charge in [0.2, 0.25) is 0 Å². The molecular weight excluding hydrogens is 416 g/mol. The summed E-state index contributed by atoms with van der Waals surface area (Å²) in [6.07, 6.45) is 9.23. The molecule has 8 nitrogen and oxygen atoms in total. The number of rotatable bonds is 6. The Hall–Kier alpha value is -2.23. The van der Waals surface area contributed by atoms with Crippen molar-refractivity contribution in [2.75, 3.05) is 39.0 Å². The second-order valence-corrected chi connectivity index (χ2v) is 10.6. The lowest BCUT2D eigenvalue weighted by molar-refractivity contribution is -0.138. The van der Waals surface area contributed by atoms with E-state index >= 15 is 0 Å². The number of sulfone groups is 1. The van der Waals surface area contributed by atoms with Crippen molar-refractivity contribution in [1.82, 2.24) is 20.0 Å². The lowest BCUT2D eigenvalue weighted by atomic mass is 9.97. The van der Waals surface area contributed by atoms with Crippen LogP contribution in [-0.4, -0.2) is 73.2 Å². The van der Waals surface area contributed by atoms with Gasteiger partial charge >= 0.3 is 5.97 Å². The van der Waals surface area contributed by atoms with E-state index in [0.717, 1.165) is 49.9 Å². The molecule has 0 amide bonds. The van der Waals surface area contributed by atoms with E-state index in [4.69, 9.17) is 5.11 Å². The number of nitrogens with one attached hydrogen (secondary N) is 1. The Morgan fingerprint density at radius 2 is 1.94 bits per heavy atom. The average molecular weight is 447 g/mol. The van der Waals surface area contributed by atoms with Gasteiger partial charge in [-0.25, -0.2) is 8.42 Å². The highest BCUT2D eigenvalue weighted by Crippen LogP contribution is 2.31. The molecule has 2 aliphatic heterocycles. The summed E-state index contributed by atoms with van der Waals surface area (Å²) in [6.45, 7) is 3.41. The zero-order valence-electron chi connectivity index (χ0n) is 17.8. The Kier molecular flexibility index (Phi) is 6.45. The Morgan fingerprint density at radius 1 is 1.23 bits per heavy atom. The maximum absolute atomic E-state index is 12.5. The Labute approximate surface area is 182 Å². The van der Waals surface area contributed by atoms with E-state index in [1.165, 1.54) is 6.26 Å². The second kappa shape index (κ2) is 9.10. The number of fused-ring (bicyclic) bond motifs is 1. The molecule has 0 radical (unpaired) electrons. The van der Waals surface area contributed by atoms with Crippen molar-refractivity contribution in [3.05, 3.63) is 29.8 Å². The molecule has 9 heteroatoms. The van der Waals surface area contributed by atoms with E-state index in [-0.39, 0.29) is 17.6 Å². The van der Waals surface area contributed by atoms with Gasteiger partial charge in [0.1, 0.15) is 0 Å². The average Bonchev–Trinajstić information content (AvgIpc) is 3.12. The number of piperidine rings is 2. The first-order chi connectivity index (χ1) is 14.8. The summed E-state index contributed by atoms with van der Waals surface area (Å²) >= 11 is 0. The molecule has 0 saturated carbocycles. The predicted octanol–water partition coefficient (Wildman–Crippen LogP) is 2.17. The fourth-order valence-electron chi connectivity index (χ4n) is 4.58. The third-order valence-corrected chi connectivity index (χ3v) is 7.26. The topological polar surface area (TPSA) is 105 Å². The molecule has 2 fully saturated rings. The van der Waals surface area contributed by atoms with Gasteiger partial charge < -0.3 is 10.4 Å². The van der Waals surface area contributed by atoms with Gasteiger partial charge in [0, 0.05) is 24.7 Å². The molecule has 4 rings (SSSR count). The van der Waals surface area contributed by atoms with Crippen LogP contribution in [0, 0.1) is 5.92 Å². The van der Waals surface area contributed by atoms with Crippen molar-refractivity contribution < 1.29 is 18.3 Å². The highest BCUT2D eigenvalue weighted by Gasteiger charge is 2.27.